The second-order valence-corrected chi connectivity index (χ2v) is 6.12. The first-order chi connectivity index (χ1) is 10.8. The average Bonchev–Trinajstić information content (AvgIpc) is 2.88. The molecule has 0 saturated carbocycles. The molecule has 0 heterocycles. The Kier molecular flexibility index (Phi) is 3.31. The molecule has 2 aliphatic rings. The van der Waals surface area contributed by atoms with Gasteiger partial charge in [0.1, 0.15) is 0 Å². The summed E-state index contributed by atoms with van der Waals surface area (Å²) >= 11 is 0. The molecule has 0 heteroatoms. The van der Waals surface area contributed by atoms with Crippen molar-refractivity contribution in [3.63, 3.8) is 0 Å². The molecule has 0 amide bonds. The maximum absolute atomic E-state index is 2.40. The third-order valence-electron chi connectivity index (χ3n) is 4.76. The number of fused-ring (bicyclic) bond motifs is 2. The van der Waals surface area contributed by atoms with Crippen LogP contribution < -0.4 is 0 Å². The standard InChI is InChI=1S/C22H20/c1-2-16-13-19-9-5-6-10-21(22(19)14-16)20-12-11-17-7-3-4-8-18(17)15-20/h3-9,11-15,21H,2,10H2,1H3. The summed E-state index contributed by atoms with van der Waals surface area (Å²) in [6.45, 7) is 2.23. The van der Waals surface area contributed by atoms with Crippen LogP contribution in [-0.2, 0) is 0 Å². The van der Waals surface area contributed by atoms with E-state index in [0.717, 1.165) is 12.8 Å². The van der Waals surface area contributed by atoms with Crippen molar-refractivity contribution in [3.05, 3.63) is 95.1 Å². The highest BCUT2D eigenvalue weighted by Crippen LogP contribution is 2.40. The van der Waals surface area contributed by atoms with Crippen molar-refractivity contribution < 1.29 is 0 Å². The summed E-state index contributed by atoms with van der Waals surface area (Å²) < 4.78 is 0. The minimum absolute atomic E-state index is 0.468. The molecular weight excluding hydrogens is 264 g/mol. The Balaban J connectivity index is 1.80. The van der Waals surface area contributed by atoms with Gasteiger partial charge < -0.3 is 0 Å². The zero-order chi connectivity index (χ0) is 14.9. The fourth-order valence-corrected chi connectivity index (χ4v) is 3.51. The Bertz CT molecular complexity index is 843. The summed E-state index contributed by atoms with van der Waals surface area (Å²) in [6.07, 6.45) is 13.7. The number of benzene rings is 2. The summed E-state index contributed by atoms with van der Waals surface area (Å²) in [5.74, 6) is 0.468. The van der Waals surface area contributed by atoms with Crippen molar-refractivity contribution in [3.8, 4) is 0 Å². The van der Waals surface area contributed by atoms with Gasteiger partial charge in [-0.15, -0.1) is 0 Å². The zero-order valence-electron chi connectivity index (χ0n) is 12.9. The van der Waals surface area contributed by atoms with E-state index in [2.05, 4.69) is 79.8 Å². The summed E-state index contributed by atoms with van der Waals surface area (Å²) in [5, 5.41) is 2.65. The first kappa shape index (κ1) is 13.3. The highest BCUT2D eigenvalue weighted by atomic mass is 14.3. The first-order valence-corrected chi connectivity index (χ1v) is 8.13. The van der Waals surface area contributed by atoms with E-state index in [1.165, 1.54) is 33.1 Å². The molecule has 0 nitrogen and oxygen atoms in total. The van der Waals surface area contributed by atoms with Crippen LogP contribution in [0.1, 0.15) is 31.2 Å². The highest BCUT2D eigenvalue weighted by molar-refractivity contribution is 5.83. The van der Waals surface area contributed by atoms with E-state index >= 15 is 0 Å². The van der Waals surface area contributed by atoms with Crippen molar-refractivity contribution in [2.75, 3.05) is 0 Å². The summed E-state index contributed by atoms with van der Waals surface area (Å²) in [5.41, 5.74) is 5.75. The molecular formula is C22H20. The Hall–Kier alpha value is -2.34. The molecule has 1 atom stereocenters. The van der Waals surface area contributed by atoms with Crippen molar-refractivity contribution >= 4 is 10.8 Å². The van der Waals surface area contributed by atoms with Gasteiger partial charge in [-0.3, -0.25) is 0 Å². The molecule has 0 spiro atoms. The van der Waals surface area contributed by atoms with Crippen LogP contribution in [0.15, 0.2) is 89.6 Å². The number of allylic oxidation sites excluding steroid dienone is 8. The molecule has 0 radical (unpaired) electrons. The van der Waals surface area contributed by atoms with E-state index in [1.54, 1.807) is 0 Å². The largest absolute Gasteiger partial charge is 0.0836 e. The molecule has 2 aliphatic carbocycles. The van der Waals surface area contributed by atoms with Gasteiger partial charge in [0, 0.05) is 5.92 Å². The second kappa shape index (κ2) is 5.46. The van der Waals surface area contributed by atoms with Gasteiger partial charge in [0.15, 0.2) is 0 Å². The van der Waals surface area contributed by atoms with Crippen LogP contribution in [0.25, 0.3) is 10.8 Å². The van der Waals surface area contributed by atoms with Gasteiger partial charge in [-0.05, 0) is 45.9 Å². The summed E-state index contributed by atoms with van der Waals surface area (Å²) in [7, 11) is 0. The van der Waals surface area contributed by atoms with E-state index in [9.17, 15) is 0 Å². The van der Waals surface area contributed by atoms with Crippen LogP contribution >= 0.6 is 0 Å². The minimum atomic E-state index is 0.468. The van der Waals surface area contributed by atoms with Crippen LogP contribution in [-0.4, -0.2) is 0 Å². The minimum Gasteiger partial charge on any atom is -0.0836 e. The lowest BCUT2D eigenvalue weighted by molar-refractivity contribution is 0.829. The van der Waals surface area contributed by atoms with Crippen LogP contribution in [0.4, 0.5) is 0 Å². The van der Waals surface area contributed by atoms with Crippen LogP contribution in [0, 0.1) is 0 Å². The van der Waals surface area contributed by atoms with Crippen LogP contribution in [0.3, 0.4) is 0 Å². The van der Waals surface area contributed by atoms with Gasteiger partial charge in [0.05, 0.1) is 0 Å². The predicted octanol–water partition coefficient (Wildman–Crippen LogP) is 6.09. The molecule has 0 aromatic heterocycles. The maximum Gasteiger partial charge on any atom is 0.0130 e. The summed E-state index contributed by atoms with van der Waals surface area (Å²) in [6, 6.07) is 15.5. The Morgan fingerprint density at radius 1 is 1.00 bits per heavy atom. The third-order valence-corrected chi connectivity index (χ3v) is 4.76. The van der Waals surface area contributed by atoms with Gasteiger partial charge in [-0.2, -0.15) is 0 Å². The van der Waals surface area contributed by atoms with Crippen molar-refractivity contribution in [2.45, 2.75) is 25.7 Å². The molecule has 1 unspecified atom stereocenters. The van der Waals surface area contributed by atoms with Gasteiger partial charge in [0.25, 0.3) is 0 Å². The second-order valence-electron chi connectivity index (χ2n) is 6.12. The van der Waals surface area contributed by atoms with E-state index in [1.807, 2.05) is 0 Å². The molecule has 0 bridgehead atoms. The topological polar surface area (TPSA) is 0 Å². The Labute approximate surface area is 132 Å². The van der Waals surface area contributed by atoms with E-state index in [0.29, 0.717) is 5.92 Å². The Morgan fingerprint density at radius 3 is 2.73 bits per heavy atom. The van der Waals surface area contributed by atoms with E-state index in [-0.39, 0.29) is 0 Å². The molecule has 108 valence electrons. The highest BCUT2D eigenvalue weighted by Gasteiger charge is 2.23. The molecule has 0 fully saturated rings. The van der Waals surface area contributed by atoms with Gasteiger partial charge in [0.2, 0.25) is 0 Å². The van der Waals surface area contributed by atoms with Gasteiger partial charge >= 0.3 is 0 Å². The molecule has 22 heavy (non-hydrogen) atoms. The Morgan fingerprint density at radius 2 is 1.86 bits per heavy atom. The lowest BCUT2D eigenvalue weighted by atomic mass is 9.85. The number of hydrogen-bond acceptors (Lipinski definition) is 0. The quantitative estimate of drug-likeness (QED) is 0.626. The normalized spacial score (nSPS) is 20.2. The van der Waals surface area contributed by atoms with Gasteiger partial charge in [-0.25, -0.2) is 0 Å². The maximum atomic E-state index is 2.40. The lowest BCUT2D eigenvalue weighted by Gasteiger charge is -2.18. The molecule has 0 aliphatic heterocycles. The van der Waals surface area contributed by atoms with Crippen molar-refractivity contribution in [2.24, 2.45) is 0 Å². The lowest BCUT2D eigenvalue weighted by Crippen LogP contribution is -2.01. The molecule has 0 N–H and O–H groups in total. The molecule has 0 saturated heterocycles. The van der Waals surface area contributed by atoms with Crippen LogP contribution in [0.5, 0.6) is 0 Å². The number of rotatable bonds is 2. The summed E-state index contributed by atoms with van der Waals surface area (Å²) in [4.78, 5) is 0. The first-order valence-electron chi connectivity index (χ1n) is 8.13. The van der Waals surface area contributed by atoms with Crippen molar-refractivity contribution in [1.29, 1.82) is 0 Å². The van der Waals surface area contributed by atoms with E-state index in [4.69, 9.17) is 0 Å². The third kappa shape index (κ3) is 2.25. The predicted molar refractivity (Wildman–Crippen MR) is 95.0 cm³/mol. The zero-order valence-corrected chi connectivity index (χ0v) is 12.9. The molecule has 2 aromatic rings. The van der Waals surface area contributed by atoms with Crippen LogP contribution in [0.2, 0.25) is 0 Å². The molecule has 2 aromatic carbocycles. The van der Waals surface area contributed by atoms with Crippen molar-refractivity contribution in [1.82, 2.24) is 0 Å². The smallest absolute Gasteiger partial charge is 0.0130 e. The fourth-order valence-electron chi connectivity index (χ4n) is 3.51. The number of hydrogen-bond donors (Lipinski definition) is 0. The SMILES string of the molecule is CCC1=CC2=CC=CCC(c3ccc4ccccc4c3)C2=C1. The van der Waals surface area contributed by atoms with E-state index < -0.39 is 0 Å². The average molecular weight is 284 g/mol. The monoisotopic (exact) mass is 284 g/mol. The van der Waals surface area contributed by atoms with Gasteiger partial charge in [-0.1, -0.05) is 79.8 Å². The fraction of sp³-hybridized carbons (Fsp3) is 0.182. The molecule has 4 rings (SSSR count).